The zero-order chi connectivity index (χ0) is 9.42. The van der Waals surface area contributed by atoms with Crippen molar-refractivity contribution in [3.05, 3.63) is 30.4 Å². The number of hydrogen-bond donors (Lipinski definition) is 1. The molecular weight excluding hydrogens is 162 g/mol. The van der Waals surface area contributed by atoms with Gasteiger partial charge >= 0.3 is 0 Å². The lowest BCUT2D eigenvalue weighted by Crippen LogP contribution is -1.91. The van der Waals surface area contributed by atoms with E-state index in [0.29, 0.717) is 5.92 Å². The van der Waals surface area contributed by atoms with Crippen molar-refractivity contribution in [1.29, 1.82) is 0 Å². The highest BCUT2D eigenvalue weighted by Crippen LogP contribution is 2.20. The summed E-state index contributed by atoms with van der Waals surface area (Å²) in [6.07, 6.45) is 3.76. The van der Waals surface area contributed by atoms with Crippen LogP contribution >= 0.6 is 0 Å². The number of fused-ring (bicyclic) bond motifs is 1. The molecule has 0 aromatic carbocycles. The lowest BCUT2D eigenvalue weighted by Gasteiger charge is -2.01. The van der Waals surface area contributed by atoms with Gasteiger partial charge in [0, 0.05) is 11.9 Å². The Morgan fingerprint density at radius 2 is 2.23 bits per heavy atom. The molecule has 2 aromatic rings. The third kappa shape index (κ3) is 1.26. The van der Waals surface area contributed by atoms with Crippen LogP contribution in [0.15, 0.2) is 24.7 Å². The summed E-state index contributed by atoms with van der Waals surface area (Å²) in [5, 5.41) is 0. The molecule has 68 valence electrons. The highest BCUT2D eigenvalue weighted by Gasteiger charge is 2.07. The molecule has 13 heavy (non-hydrogen) atoms. The van der Waals surface area contributed by atoms with E-state index in [1.54, 1.807) is 0 Å². The Morgan fingerprint density at radius 1 is 1.46 bits per heavy atom. The maximum Gasteiger partial charge on any atom is 0.0995 e. The van der Waals surface area contributed by atoms with Crippen molar-refractivity contribution < 1.29 is 0 Å². The molecule has 0 amide bonds. The highest BCUT2D eigenvalue weighted by atomic mass is 15.0. The van der Waals surface area contributed by atoms with Crippen molar-refractivity contribution in [2.75, 3.05) is 5.73 Å². The molecule has 0 atom stereocenters. The first-order valence-electron chi connectivity index (χ1n) is 4.40. The second-order valence-corrected chi connectivity index (χ2v) is 3.54. The molecule has 3 heteroatoms. The highest BCUT2D eigenvalue weighted by molar-refractivity contribution is 5.60. The number of nitrogens with two attached hydrogens (primary N) is 1. The van der Waals surface area contributed by atoms with Crippen LogP contribution in [-0.4, -0.2) is 9.38 Å². The van der Waals surface area contributed by atoms with E-state index in [1.807, 2.05) is 29.1 Å². The van der Waals surface area contributed by atoms with E-state index < -0.39 is 0 Å². The van der Waals surface area contributed by atoms with Gasteiger partial charge in [-0.25, -0.2) is 4.98 Å². The van der Waals surface area contributed by atoms with Crippen LogP contribution in [0.25, 0.3) is 5.52 Å². The summed E-state index contributed by atoms with van der Waals surface area (Å²) >= 11 is 0. The fourth-order valence-corrected chi connectivity index (χ4v) is 1.47. The Morgan fingerprint density at radius 3 is 2.92 bits per heavy atom. The van der Waals surface area contributed by atoms with Gasteiger partial charge in [0.15, 0.2) is 0 Å². The summed E-state index contributed by atoms with van der Waals surface area (Å²) in [7, 11) is 0. The number of rotatable bonds is 1. The van der Waals surface area contributed by atoms with Crippen LogP contribution in [0.4, 0.5) is 5.69 Å². The Bertz CT molecular complexity index is 429. The molecule has 0 saturated heterocycles. The van der Waals surface area contributed by atoms with Gasteiger partial charge in [-0.15, -0.1) is 0 Å². The molecule has 2 heterocycles. The number of imidazole rings is 1. The van der Waals surface area contributed by atoms with Crippen molar-refractivity contribution >= 4 is 11.2 Å². The van der Waals surface area contributed by atoms with Gasteiger partial charge in [-0.3, -0.25) is 0 Å². The summed E-state index contributed by atoms with van der Waals surface area (Å²) < 4.78 is 1.99. The minimum atomic E-state index is 0.437. The summed E-state index contributed by atoms with van der Waals surface area (Å²) in [4.78, 5) is 4.34. The summed E-state index contributed by atoms with van der Waals surface area (Å²) in [6.45, 7) is 4.26. The van der Waals surface area contributed by atoms with E-state index >= 15 is 0 Å². The standard InChI is InChI=1S/C10H13N3/c1-7(2)10-9-5-8(11)3-4-13(9)6-12-10/h3-7H,11H2,1-2H3. The number of nitrogens with zero attached hydrogens (tertiary/aromatic N) is 2. The molecule has 0 aliphatic rings. The van der Waals surface area contributed by atoms with Crippen LogP contribution in [-0.2, 0) is 0 Å². The van der Waals surface area contributed by atoms with Crippen LogP contribution in [0.3, 0.4) is 0 Å². The number of anilines is 1. The molecule has 0 fully saturated rings. The van der Waals surface area contributed by atoms with Gasteiger partial charge in [-0.05, 0) is 18.1 Å². The minimum Gasteiger partial charge on any atom is -0.399 e. The molecule has 0 unspecified atom stereocenters. The van der Waals surface area contributed by atoms with Gasteiger partial charge in [-0.1, -0.05) is 13.8 Å². The first-order valence-corrected chi connectivity index (χ1v) is 4.40. The normalized spacial score (nSPS) is 11.3. The Hall–Kier alpha value is -1.51. The number of hydrogen-bond acceptors (Lipinski definition) is 2. The van der Waals surface area contributed by atoms with Crippen molar-refractivity contribution in [1.82, 2.24) is 9.38 Å². The fraction of sp³-hybridized carbons (Fsp3) is 0.300. The lowest BCUT2D eigenvalue weighted by molar-refractivity contribution is 0.841. The Kier molecular flexibility index (Phi) is 1.72. The SMILES string of the molecule is CC(C)c1ncn2ccc(N)cc12. The Labute approximate surface area is 77.2 Å². The molecule has 2 aromatic heterocycles. The molecule has 0 spiro atoms. The molecule has 2 rings (SSSR count). The van der Waals surface area contributed by atoms with E-state index in [9.17, 15) is 0 Å². The van der Waals surface area contributed by atoms with Crippen molar-refractivity contribution in [3.8, 4) is 0 Å². The fourth-order valence-electron chi connectivity index (χ4n) is 1.47. The van der Waals surface area contributed by atoms with Crippen LogP contribution < -0.4 is 5.73 Å². The average molecular weight is 175 g/mol. The first kappa shape index (κ1) is 8.10. The number of nitrogen functional groups attached to an aromatic ring is 1. The zero-order valence-corrected chi connectivity index (χ0v) is 7.86. The van der Waals surface area contributed by atoms with Crippen LogP contribution in [0.2, 0.25) is 0 Å². The predicted molar refractivity (Wildman–Crippen MR) is 53.7 cm³/mol. The summed E-state index contributed by atoms with van der Waals surface area (Å²) in [6, 6.07) is 3.83. The van der Waals surface area contributed by atoms with Gasteiger partial charge in [0.1, 0.15) is 0 Å². The van der Waals surface area contributed by atoms with E-state index in [0.717, 1.165) is 16.9 Å². The Balaban J connectivity index is 2.71. The molecule has 0 aliphatic carbocycles. The smallest absolute Gasteiger partial charge is 0.0995 e. The molecular formula is C10H13N3. The number of pyridine rings is 1. The van der Waals surface area contributed by atoms with Gasteiger partial charge in [0.2, 0.25) is 0 Å². The summed E-state index contributed by atoms with van der Waals surface area (Å²) in [5.74, 6) is 0.437. The second-order valence-electron chi connectivity index (χ2n) is 3.54. The zero-order valence-electron chi connectivity index (χ0n) is 7.86. The number of aromatic nitrogens is 2. The third-order valence-corrected chi connectivity index (χ3v) is 2.14. The van der Waals surface area contributed by atoms with Crippen LogP contribution in [0, 0.1) is 0 Å². The molecule has 2 N–H and O–H groups in total. The van der Waals surface area contributed by atoms with E-state index in [1.165, 1.54) is 0 Å². The van der Waals surface area contributed by atoms with Crippen molar-refractivity contribution in [2.45, 2.75) is 19.8 Å². The van der Waals surface area contributed by atoms with Gasteiger partial charge in [0.25, 0.3) is 0 Å². The quantitative estimate of drug-likeness (QED) is 0.720. The third-order valence-electron chi connectivity index (χ3n) is 2.14. The molecule has 0 bridgehead atoms. The topological polar surface area (TPSA) is 43.3 Å². The monoisotopic (exact) mass is 175 g/mol. The van der Waals surface area contributed by atoms with Crippen LogP contribution in [0.5, 0.6) is 0 Å². The molecule has 0 radical (unpaired) electrons. The van der Waals surface area contributed by atoms with Crippen LogP contribution in [0.1, 0.15) is 25.5 Å². The summed E-state index contributed by atoms with van der Waals surface area (Å²) in [5.41, 5.74) is 8.71. The lowest BCUT2D eigenvalue weighted by atomic mass is 10.1. The second kappa shape index (κ2) is 2.76. The molecule has 0 aliphatic heterocycles. The maximum absolute atomic E-state index is 5.71. The predicted octanol–water partition coefficient (Wildman–Crippen LogP) is 2.04. The van der Waals surface area contributed by atoms with E-state index in [2.05, 4.69) is 18.8 Å². The molecule has 3 nitrogen and oxygen atoms in total. The maximum atomic E-state index is 5.71. The van der Waals surface area contributed by atoms with Crippen molar-refractivity contribution in [2.24, 2.45) is 0 Å². The van der Waals surface area contributed by atoms with Crippen molar-refractivity contribution in [3.63, 3.8) is 0 Å². The average Bonchev–Trinajstić information content (AvgIpc) is 2.46. The van der Waals surface area contributed by atoms with Gasteiger partial charge in [-0.2, -0.15) is 0 Å². The minimum absolute atomic E-state index is 0.437. The molecule has 0 saturated carbocycles. The first-order chi connectivity index (χ1) is 6.18. The largest absolute Gasteiger partial charge is 0.399 e. The van der Waals surface area contributed by atoms with E-state index in [4.69, 9.17) is 5.73 Å². The van der Waals surface area contributed by atoms with Gasteiger partial charge < -0.3 is 10.1 Å². The van der Waals surface area contributed by atoms with E-state index in [-0.39, 0.29) is 0 Å². The van der Waals surface area contributed by atoms with Gasteiger partial charge in [0.05, 0.1) is 17.5 Å².